The van der Waals surface area contributed by atoms with Crippen LogP contribution in [0.25, 0.3) is 0 Å². The van der Waals surface area contributed by atoms with E-state index in [0.717, 1.165) is 0 Å². The maximum atomic E-state index is 9.55. The number of quaternary nitrogens is 2. The van der Waals surface area contributed by atoms with E-state index in [1.807, 2.05) is 0 Å². The van der Waals surface area contributed by atoms with Crippen LogP contribution in [-0.2, 0) is 29.1 Å². The second-order valence-corrected chi connectivity index (χ2v) is 1.01. The zero-order chi connectivity index (χ0) is 6.57. The predicted molar refractivity (Wildman–Crippen MR) is 36.4 cm³/mol. The van der Waals surface area contributed by atoms with Crippen LogP contribution in [0.3, 0.4) is 0 Å². The molecular formula is C4H12N2O4Zn+4. The predicted octanol–water partition coefficient (Wildman–Crippen LogP) is 0.462. The summed E-state index contributed by atoms with van der Waals surface area (Å²) in [6, 6.07) is 0. The number of carboxylic acids is 2. The third-order valence-corrected chi connectivity index (χ3v) is 0.368. The molecular weight excluding hydrogens is 205 g/mol. The van der Waals surface area contributed by atoms with Gasteiger partial charge in [-0.25, -0.2) is 9.59 Å². The van der Waals surface area contributed by atoms with Crippen molar-refractivity contribution < 1.29 is 39.3 Å². The van der Waals surface area contributed by atoms with Gasteiger partial charge in [0.15, 0.2) is 0 Å². The second kappa shape index (κ2) is 12.0. The first kappa shape index (κ1) is 22.5. The van der Waals surface area contributed by atoms with Crippen molar-refractivity contribution in [1.82, 2.24) is 12.3 Å². The monoisotopic (exact) mass is 216 g/mol. The Morgan fingerprint density at radius 3 is 1.18 bits per heavy atom. The Balaban J connectivity index is -0.0000000817. The SMILES string of the molecule is O=C(O)/C=C\C(=O)O.[NH4+].[NH4+].[Zn+2]. The Bertz CT molecular complexity index is 131. The van der Waals surface area contributed by atoms with Crippen LogP contribution < -0.4 is 12.3 Å². The van der Waals surface area contributed by atoms with Gasteiger partial charge in [-0.2, -0.15) is 0 Å². The molecule has 0 spiro atoms. The first-order chi connectivity index (χ1) is 3.63. The first-order valence-corrected chi connectivity index (χ1v) is 1.77. The van der Waals surface area contributed by atoms with Crippen LogP contribution in [0.4, 0.5) is 0 Å². The molecule has 0 fully saturated rings. The van der Waals surface area contributed by atoms with Crippen LogP contribution in [0.2, 0.25) is 0 Å². The minimum atomic E-state index is -1.26. The Hall–Kier alpha value is -0.777. The minimum Gasteiger partial charge on any atom is -0.478 e. The van der Waals surface area contributed by atoms with Crippen molar-refractivity contribution in [3.8, 4) is 0 Å². The largest absolute Gasteiger partial charge is 2.00 e. The summed E-state index contributed by atoms with van der Waals surface area (Å²) in [5.74, 6) is -2.51. The normalized spacial score (nSPS) is 6.91. The van der Waals surface area contributed by atoms with Crippen molar-refractivity contribution >= 4 is 11.9 Å². The van der Waals surface area contributed by atoms with E-state index in [9.17, 15) is 9.59 Å². The zero-order valence-electron chi connectivity index (χ0n) is 6.57. The number of rotatable bonds is 2. The van der Waals surface area contributed by atoms with E-state index in [1.54, 1.807) is 0 Å². The molecule has 0 aliphatic heterocycles. The van der Waals surface area contributed by atoms with Crippen molar-refractivity contribution in [3.63, 3.8) is 0 Å². The molecule has 0 aromatic heterocycles. The van der Waals surface area contributed by atoms with Gasteiger partial charge in [-0.05, 0) is 0 Å². The van der Waals surface area contributed by atoms with E-state index >= 15 is 0 Å². The molecule has 0 aliphatic rings. The van der Waals surface area contributed by atoms with E-state index in [4.69, 9.17) is 10.2 Å². The van der Waals surface area contributed by atoms with Crippen LogP contribution in [0.15, 0.2) is 12.2 Å². The third-order valence-electron chi connectivity index (χ3n) is 0.368. The van der Waals surface area contributed by atoms with E-state index in [0.29, 0.717) is 12.2 Å². The van der Waals surface area contributed by atoms with Crippen molar-refractivity contribution in [2.24, 2.45) is 0 Å². The minimum absolute atomic E-state index is 0. The van der Waals surface area contributed by atoms with Crippen molar-refractivity contribution in [1.29, 1.82) is 0 Å². The number of aliphatic carboxylic acids is 2. The van der Waals surface area contributed by atoms with E-state index in [1.165, 1.54) is 0 Å². The molecule has 11 heavy (non-hydrogen) atoms. The fraction of sp³-hybridized carbons (Fsp3) is 0. The van der Waals surface area contributed by atoms with Crippen LogP contribution in [0.1, 0.15) is 0 Å². The van der Waals surface area contributed by atoms with Gasteiger partial charge in [0.05, 0.1) is 0 Å². The van der Waals surface area contributed by atoms with Crippen LogP contribution >= 0.6 is 0 Å². The van der Waals surface area contributed by atoms with Crippen LogP contribution in [0.5, 0.6) is 0 Å². The summed E-state index contributed by atoms with van der Waals surface area (Å²) in [5, 5.41) is 15.6. The molecule has 0 aromatic rings. The molecule has 0 radical (unpaired) electrons. The van der Waals surface area contributed by atoms with Crippen LogP contribution in [-0.4, -0.2) is 22.2 Å². The molecule has 0 heterocycles. The molecule has 7 heteroatoms. The van der Waals surface area contributed by atoms with E-state index < -0.39 is 11.9 Å². The molecule has 0 aliphatic carbocycles. The van der Waals surface area contributed by atoms with Gasteiger partial charge in [0, 0.05) is 12.2 Å². The molecule has 60 valence electrons. The smallest absolute Gasteiger partial charge is 0.478 e. The summed E-state index contributed by atoms with van der Waals surface area (Å²) < 4.78 is 0. The molecule has 6 nitrogen and oxygen atoms in total. The molecule has 10 N–H and O–H groups in total. The molecule has 0 amide bonds. The van der Waals surface area contributed by atoms with E-state index in [2.05, 4.69) is 0 Å². The maximum absolute atomic E-state index is 9.55. The van der Waals surface area contributed by atoms with Gasteiger partial charge in [0.1, 0.15) is 0 Å². The summed E-state index contributed by atoms with van der Waals surface area (Å²) in [7, 11) is 0. The molecule has 0 saturated carbocycles. The zero-order valence-corrected chi connectivity index (χ0v) is 9.54. The van der Waals surface area contributed by atoms with E-state index in [-0.39, 0.29) is 31.8 Å². The molecule has 0 unspecified atom stereocenters. The fourth-order valence-corrected chi connectivity index (χ4v) is 0.143. The molecule has 0 rings (SSSR count). The van der Waals surface area contributed by atoms with Gasteiger partial charge >= 0.3 is 31.4 Å². The van der Waals surface area contributed by atoms with Crippen molar-refractivity contribution in [2.45, 2.75) is 0 Å². The average molecular weight is 218 g/mol. The summed E-state index contributed by atoms with van der Waals surface area (Å²) in [5.41, 5.74) is 0. The van der Waals surface area contributed by atoms with Gasteiger partial charge in [0.25, 0.3) is 0 Å². The fourth-order valence-electron chi connectivity index (χ4n) is 0.143. The Kier molecular flexibility index (Phi) is 24.4. The quantitative estimate of drug-likeness (QED) is 0.393. The topological polar surface area (TPSA) is 148 Å². The molecule has 0 aromatic carbocycles. The third kappa shape index (κ3) is 27.0. The van der Waals surface area contributed by atoms with Gasteiger partial charge in [-0.3, -0.25) is 0 Å². The molecule has 0 atom stereocenters. The Morgan fingerprint density at radius 1 is 0.909 bits per heavy atom. The number of carboxylic acid groups (broad SMARTS) is 2. The van der Waals surface area contributed by atoms with Crippen molar-refractivity contribution in [3.05, 3.63) is 12.2 Å². The standard InChI is InChI=1S/C4H4O4.2H3N.Zn/c5-3(6)1-2-4(7)8;;;/h1-2H,(H,5,6)(H,7,8);2*1H3;/q;;;+2/p+2/b2-1-;;;. The van der Waals surface area contributed by atoms with Crippen molar-refractivity contribution in [2.75, 3.05) is 0 Å². The molecule has 0 saturated heterocycles. The van der Waals surface area contributed by atoms with Crippen LogP contribution in [0, 0.1) is 0 Å². The number of hydrogen-bond donors (Lipinski definition) is 4. The van der Waals surface area contributed by atoms with Gasteiger partial charge in [0.2, 0.25) is 0 Å². The first-order valence-electron chi connectivity index (χ1n) is 1.77. The molecule has 0 bridgehead atoms. The number of hydrogen-bond acceptors (Lipinski definition) is 2. The Labute approximate surface area is 76.2 Å². The van der Waals surface area contributed by atoms with Gasteiger partial charge in [-0.15, -0.1) is 0 Å². The Morgan fingerprint density at radius 2 is 1.09 bits per heavy atom. The maximum Gasteiger partial charge on any atom is 2.00 e. The summed E-state index contributed by atoms with van der Waals surface area (Å²) in [6.07, 6.45) is 1.12. The summed E-state index contributed by atoms with van der Waals surface area (Å²) in [4.78, 5) is 19.1. The second-order valence-electron chi connectivity index (χ2n) is 1.01. The van der Waals surface area contributed by atoms with Gasteiger partial charge < -0.3 is 22.5 Å². The number of carbonyl (C=O) groups is 2. The summed E-state index contributed by atoms with van der Waals surface area (Å²) >= 11 is 0. The summed E-state index contributed by atoms with van der Waals surface area (Å²) in [6.45, 7) is 0. The van der Waals surface area contributed by atoms with Gasteiger partial charge in [-0.1, -0.05) is 0 Å². The average Bonchev–Trinajstić information content (AvgIpc) is 1.61.